The van der Waals surface area contributed by atoms with Gasteiger partial charge in [-0.1, -0.05) is 42.5 Å². The van der Waals surface area contributed by atoms with Crippen molar-refractivity contribution in [2.24, 2.45) is 0 Å². The number of nitrogens with zero attached hydrogens (tertiary/aromatic N) is 2. The van der Waals surface area contributed by atoms with Crippen LogP contribution in [-0.2, 0) is 11.3 Å². The zero-order valence-corrected chi connectivity index (χ0v) is 15.0. The number of rotatable bonds is 5. The molecule has 6 nitrogen and oxygen atoms in total. The molecule has 0 bridgehead atoms. The predicted molar refractivity (Wildman–Crippen MR) is 102 cm³/mol. The Balaban J connectivity index is 1.39. The van der Waals surface area contributed by atoms with Crippen molar-refractivity contribution >= 4 is 17.6 Å². The summed E-state index contributed by atoms with van der Waals surface area (Å²) in [6.45, 7) is 2.48. The first-order valence-corrected chi connectivity index (χ1v) is 8.96. The number of benzene rings is 2. The summed E-state index contributed by atoms with van der Waals surface area (Å²) in [7, 11) is 0. The lowest BCUT2D eigenvalue weighted by Gasteiger charge is -2.36. The van der Waals surface area contributed by atoms with Crippen molar-refractivity contribution in [2.75, 3.05) is 37.6 Å². The number of hydrogen-bond acceptors (Lipinski definition) is 3. The Hall–Kier alpha value is -3.09. The fraction of sp³-hybridized carbons (Fsp3) is 0.300. The second-order valence-corrected chi connectivity index (χ2v) is 6.34. The van der Waals surface area contributed by atoms with Gasteiger partial charge in [0, 0.05) is 32.7 Å². The molecule has 1 aliphatic heterocycles. The number of nitrogens with one attached hydrogen (secondary N) is 2. The molecule has 0 atom stereocenters. The summed E-state index contributed by atoms with van der Waals surface area (Å²) < 4.78 is 13.9. The Morgan fingerprint density at radius 1 is 0.889 bits per heavy atom. The number of piperazine rings is 1. The zero-order chi connectivity index (χ0) is 19.1. The van der Waals surface area contributed by atoms with Crippen LogP contribution in [0, 0.1) is 5.82 Å². The molecule has 2 aromatic carbocycles. The van der Waals surface area contributed by atoms with Crippen LogP contribution in [0.3, 0.4) is 0 Å². The molecule has 0 radical (unpaired) electrons. The van der Waals surface area contributed by atoms with Gasteiger partial charge in [-0.2, -0.15) is 0 Å². The molecule has 0 aliphatic carbocycles. The van der Waals surface area contributed by atoms with E-state index in [1.807, 2.05) is 35.2 Å². The molecule has 0 spiro atoms. The fourth-order valence-electron chi connectivity index (χ4n) is 3.01. The molecule has 142 valence electrons. The second kappa shape index (κ2) is 9.02. The van der Waals surface area contributed by atoms with Crippen LogP contribution in [0.2, 0.25) is 0 Å². The van der Waals surface area contributed by atoms with Gasteiger partial charge in [-0.05, 0) is 17.7 Å². The average molecular weight is 370 g/mol. The molecule has 3 amide bonds. The quantitative estimate of drug-likeness (QED) is 0.846. The van der Waals surface area contributed by atoms with E-state index in [0.717, 1.165) is 5.56 Å². The minimum Gasteiger partial charge on any atom is -0.366 e. The van der Waals surface area contributed by atoms with Gasteiger partial charge in [0.15, 0.2) is 0 Å². The van der Waals surface area contributed by atoms with Gasteiger partial charge in [0.25, 0.3) is 0 Å². The van der Waals surface area contributed by atoms with Crippen LogP contribution in [-0.4, -0.2) is 49.6 Å². The van der Waals surface area contributed by atoms with Crippen molar-refractivity contribution in [3.05, 3.63) is 66.0 Å². The van der Waals surface area contributed by atoms with Crippen LogP contribution >= 0.6 is 0 Å². The van der Waals surface area contributed by atoms with E-state index in [2.05, 4.69) is 10.6 Å². The van der Waals surface area contributed by atoms with Crippen LogP contribution in [0.25, 0.3) is 0 Å². The lowest BCUT2D eigenvalue weighted by atomic mass is 10.2. The van der Waals surface area contributed by atoms with Gasteiger partial charge >= 0.3 is 6.03 Å². The molecule has 27 heavy (non-hydrogen) atoms. The maximum atomic E-state index is 13.9. The average Bonchev–Trinajstić information content (AvgIpc) is 2.72. The van der Waals surface area contributed by atoms with Crippen LogP contribution < -0.4 is 15.5 Å². The summed E-state index contributed by atoms with van der Waals surface area (Å²) >= 11 is 0. The number of halogens is 1. The highest BCUT2D eigenvalue weighted by Gasteiger charge is 2.22. The summed E-state index contributed by atoms with van der Waals surface area (Å²) in [6, 6.07) is 15.8. The number of carbonyl (C=O) groups excluding carboxylic acids is 2. The molecule has 2 aromatic rings. The lowest BCUT2D eigenvalue weighted by molar-refractivity contribution is -0.130. The largest absolute Gasteiger partial charge is 0.366 e. The van der Waals surface area contributed by atoms with Gasteiger partial charge in [-0.15, -0.1) is 0 Å². The van der Waals surface area contributed by atoms with Gasteiger partial charge in [0.2, 0.25) is 5.91 Å². The van der Waals surface area contributed by atoms with Crippen molar-refractivity contribution in [1.82, 2.24) is 15.5 Å². The first-order valence-electron chi connectivity index (χ1n) is 8.96. The molecule has 1 fully saturated rings. The number of hydrogen-bond donors (Lipinski definition) is 2. The standard InChI is InChI=1S/C20H23FN4O2/c21-17-8-4-5-9-18(17)24-10-12-25(13-11-24)19(26)15-23-20(27)22-14-16-6-2-1-3-7-16/h1-9H,10-15H2,(H2,22,23,27). The molecule has 0 saturated carbocycles. The molecule has 1 aliphatic rings. The molecule has 3 rings (SSSR count). The van der Waals surface area contributed by atoms with Crippen LogP contribution in [0.15, 0.2) is 54.6 Å². The van der Waals surface area contributed by atoms with Gasteiger partial charge in [0.05, 0.1) is 12.2 Å². The van der Waals surface area contributed by atoms with E-state index in [1.165, 1.54) is 6.07 Å². The first kappa shape index (κ1) is 18.7. The third kappa shape index (κ3) is 5.20. The molecule has 0 aromatic heterocycles. The second-order valence-electron chi connectivity index (χ2n) is 6.34. The predicted octanol–water partition coefficient (Wildman–Crippen LogP) is 1.97. The molecular weight excluding hydrogens is 347 g/mol. The Bertz CT molecular complexity index is 777. The van der Waals surface area contributed by atoms with E-state index < -0.39 is 0 Å². The Kier molecular flexibility index (Phi) is 6.25. The monoisotopic (exact) mass is 370 g/mol. The van der Waals surface area contributed by atoms with E-state index >= 15 is 0 Å². The maximum Gasteiger partial charge on any atom is 0.315 e. The summed E-state index contributed by atoms with van der Waals surface area (Å²) in [5.74, 6) is -0.396. The van der Waals surface area contributed by atoms with Gasteiger partial charge in [0.1, 0.15) is 5.82 Å². The molecule has 2 N–H and O–H groups in total. The summed E-state index contributed by atoms with van der Waals surface area (Å²) in [5, 5.41) is 5.31. The van der Waals surface area contributed by atoms with E-state index in [1.54, 1.807) is 23.1 Å². The first-order chi connectivity index (χ1) is 13.1. The fourth-order valence-corrected chi connectivity index (χ4v) is 3.01. The number of anilines is 1. The number of urea groups is 1. The SMILES string of the molecule is O=C(NCC(=O)N1CCN(c2ccccc2F)CC1)NCc1ccccc1. The lowest BCUT2D eigenvalue weighted by Crippen LogP contribution is -2.52. The minimum absolute atomic E-state index is 0.0552. The highest BCUT2D eigenvalue weighted by atomic mass is 19.1. The van der Waals surface area contributed by atoms with Crippen molar-refractivity contribution in [2.45, 2.75) is 6.54 Å². The van der Waals surface area contributed by atoms with E-state index in [0.29, 0.717) is 38.4 Å². The number of para-hydroxylation sites is 1. The van der Waals surface area contributed by atoms with Gasteiger partial charge in [-0.25, -0.2) is 9.18 Å². The minimum atomic E-state index is -0.378. The van der Waals surface area contributed by atoms with E-state index in [-0.39, 0.29) is 24.3 Å². The normalized spacial score (nSPS) is 14.0. The molecule has 1 saturated heterocycles. The highest BCUT2D eigenvalue weighted by Crippen LogP contribution is 2.20. The maximum absolute atomic E-state index is 13.9. The number of amides is 3. The van der Waals surface area contributed by atoms with Gasteiger partial charge < -0.3 is 20.4 Å². The Morgan fingerprint density at radius 2 is 1.56 bits per heavy atom. The van der Waals surface area contributed by atoms with Crippen LogP contribution in [0.5, 0.6) is 0 Å². The topological polar surface area (TPSA) is 64.7 Å². The van der Waals surface area contributed by atoms with Crippen molar-refractivity contribution in [1.29, 1.82) is 0 Å². The van der Waals surface area contributed by atoms with E-state index in [9.17, 15) is 14.0 Å². The Labute approximate surface area is 158 Å². The smallest absolute Gasteiger partial charge is 0.315 e. The van der Waals surface area contributed by atoms with Gasteiger partial charge in [-0.3, -0.25) is 4.79 Å². The van der Waals surface area contributed by atoms with Crippen molar-refractivity contribution in [3.63, 3.8) is 0 Å². The van der Waals surface area contributed by atoms with Crippen LogP contribution in [0.4, 0.5) is 14.9 Å². The summed E-state index contributed by atoms with van der Waals surface area (Å²) in [5.41, 5.74) is 1.55. The van der Waals surface area contributed by atoms with Crippen LogP contribution in [0.1, 0.15) is 5.56 Å². The summed E-state index contributed by atoms with van der Waals surface area (Å²) in [4.78, 5) is 27.7. The summed E-state index contributed by atoms with van der Waals surface area (Å²) in [6.07, 6.45) is 0. The highest BCUT2D eigenvalue weighted by molar-refractivity contribution is 5.84. The zero-order valence-electron chi connectivity index (χ0n) is 15.0. The number of carbonyl (C=O) groups is 2. The third-order valence-electron chi connectivity index (χ3n) is 4.52. The molecular formula is C20H23FN4O2. The van der Waals surface area contributed by atoms with Crippen molar-refractivity contribution < 1.29 is 14.0 Å². The molecule has 0 unspecified atom stereocenters. The Morgan fingerprint density at radius 3 is 2.26 bits per heavy atom. The molecule has 7 heteroatoms. The van der Waals surface area contributed by atoms with E-state index in [4.69, 9.17) is 0 Å². The molecule has 1 heterocycles. The van der Waals surface area contributed by atoms with Crippen molar-refractivity contribution in [3.8, 4) is 0 Å². The third-order valence-corrected chi connectivity index (χ3v) is 4.52.